The van der Waals surface area contributed by atoms with Crippen molar-refractivity contribution < 1.29 is 9.52 Å². The summed E-state index contributed by atoms with van der Waals surface area (Å²) in [5.41, 5.74) is 3.50. The third-order valence-electron chi connectivity index (χ3n) is 4.90. The molecule has 2 heterocycles. The molecule has 0 saturated carbocycles. The molecule has 1 amide bonds. The SMILES string of the molecule is Cc1cnn([C@H]2CCCc3ccccc32)c1NC(=O)c1cccc[n+]1[O-]. The molecule has 1 aliphatic rings. The van der Waals surface area contributed by atoms with E-state index in [9.17, 15) is 10.0 Å². The second kappa shape index (κ2) is 6.63. The van der Waals surface area contributed by atoms with Crippen LogP contribution in [0.2, 0.25) is 0 Å². The number of amides is 1. The number of nitrogens with zero attached hydrogens (tertiary/aromatic N) is 3. The molecule has 0 spiro atoms. The molecule has 0 fully saturated rings. The number of hydrogen-bond donors (Lipinski definition) is 1. The van der Waals surface area contributed by atoms with Crippen molar-refractivity contribution in [2.75, 3.05) is 5.32 Å². The Bertz CT molecular complexity index is 964. The van der Waals surface area contributed by atoms with Gasteiger partial charge in [-0.3, -0.25) is 4.79 Å². The molecule has 0 bridgehead atoms. The van der Waals surface area contributed by atoms with Crippen LogP contribution < -0.4 is 10.0 Å². The minimum atomic E-state index is -0.436. The van der Waals surface area contributed by atoms with Gasteiger partial charge in [-0.15, -0.1) is 0 Å². The van der Waals surface area contributed by atoms with E-state index < -0.39 is 5.91 Å². The average Bonchev–Trinajstić information content (AvgIpc) is 3.02. The number of hydrogen-bond acceptors (Lipinski definition) is 3. The number of anilines is 1. The smallest absolute Gasteiger partial charge is 0.322 e. The molecule has 3 aromatic rings. The van der Waals surface area contributed by atoms with Crippen LogP contribution in [0.15, 0.2) is 54.9 Å². The van der Waals surface area contributed by atoms with Gasteiger partial charge in [0.2, 0.25) is 0 Å². The van der Waals surface area contributed by atoms with Gasteiger partial charge in [-0.05, 0) is 43.4 Å². The molecule has 1 aromatic carbocycles. The molecule has 132 valence electrons. The van der Waals surface area contributed by atoms with Gasteiger partial charge in [0, 0.05) is 17.7 Å². The van der Waals surface area contributed by atoms with Gasteiger partial charge in [-0.1, -0.05) is 24.3 Å². The van der Waals surface area contributed by atoms with E-state index in [1.165, 1.54) is 23.4 Å². The molecule has 4 rings (SSSR count). The molecule has 2 aromatic heterocycles. The molecular weight excluding hydrogens is 328 g/mol. The van der Waals surface area contributed by atoms with E-state index in [-0.39, 0.29) is 11.7 Å². The van der Waals surface area contributed by atoms with Crippen LogP contribution in [0.4, 0.5) is 5.82 Å². The molecule has 1 aliphatic carbocycles. The number of aryl methyl sites for hydroxylation is 2. The maximum absolute atomic E-state index is 12.6. The van der Waals surface area contributed by atoms with Crippen LogP contribution in [-0.4, -0.2) is 15.7 Å². The summed E-state index contributed by atoms with van der Waals surface area (Å²) in [6, 6.07) is 13.2. The van der Waals surface area contributed by atoms with Crippen LogP contribution in [0.1, 0.15) is 46.1 Å². The zero-order valence-corrected chi connectivity index (χ0v) is 14.6. The monoisotopic (exact) mass is 348 g/mol. The van der Waals surface area contributed by atoms with Gasteiger partial charge in [-0.2, -0.15) is 9.83 Å². The van der Waals surface area contributed by atoms with Crippen LogP contribution in [-0.2, 0) is 6.42 Å². The van der Waals surface area contributed by atoms with E-state index in [1.807, 2.05) is 17.7 Å². The van der Waals surface area contributed by atoms with Crippen LogP contribution in [0.3, 0.4) is 0 Å². The van der Waals surface area contributed by atoms with Gasteiger partial charge in [0.25, 0.3) is 5.69 Å². The first kappa shape index (κ1) is 16.3. The van der Waals surface area contributed by atoms with Crippen LogP contribution >= 0.6 is 0 Å². The Morgan fingerprint density at radius 1 is 1.27 bits per heavy atom. The fraction of sp³-hybridized carbons (Fsp3) is 0.250. The number of nitrogens with one attached hydrogen (secondary N) is 1. The summed E-state index contributed by atoms with van der Waals surface area (Å²) < 4.78 is 2.45. The van der Waals surface area contributed by atoms with Gasteiger partial charge in [0.1, 0.15) is 5.82 Å². The van der Waals surface area contributed by atoms with E-state index >= 15 is 0 Å². The molecule has 26 heavy (non-hydrogen) atoms. The second-order valence-corrected chi connectivity index (χ2v) is 6.59. The minimum Gasteiger partial charge on any atom is -0.618 e. The normalized spacial score (nSPS) is 16.1. The van der Waals surface area contributed by atoms with Gasteiger partial charge in [0.15, 0.2) is 6.20 Å². The van der Waals surface area contributed by atoms with Crippen molar-refractivity contribution >= 4 is 11.7 Å². The molecule has 0 radical (unpaired) electrons. The summed E-state index contributed by atoms with van der Waals surface area (Å²) in [6.07, 6.45) is 6.18. The van der Waals surface area contributed by atoms with Crippen LogP contribution in [0, 0.1) is 12.1 Å². The first-order chi connectivity index (χ1) is 12.6. The summed E-state index contributed by atoms with van der Waals surface area (Å²) in [6.45, 7) is 1.91. The highest BCUT2D eigenvalue weighted by atomic mass is 16.5. The van der Waals surface area contributed by atoms with Crippen molar-refractivity contribution in [1.82, 2.24) is 9.78 Å². The number of fused-ring (bicyclic) bond motifs is 1. The molecule has 0 saturated heterocycles. The maximum atomic E-state index is 12.6. The molecule has 1 N–H and O–H groups in total. The van der Waals surface area contributed by atoms with Crippen molar-refractivity contribution in [3.8, 4) is 0 Å². The van der Waals surface area contributed by atoms with Gasteiger partial charge in [0.05, 0.1) is 12.2 Å². The van der Waals surface area contributed by atoms with E-state index in [0.717, 1.165) is 24.8 Å². The largest absolute Gasteiger partial charge is 0.618 e. The van der Waals surface area contributed by atoms with Gasteiger partial charge >= 0.3 is 5.91 Å². The molecule has 6 heteroatoms. The molecule has 6 nitrogen and oxygen atoms in total. The Hall–Kier alpha value is -3.15. The zero-order chi connectivity index (χ0) is 18.1. The lowest BCUT2D eigenvalue weighted by atomic mass is 9.88. The number of pyridine rings is 1. The third kappa shape index (κ3) is 2.83. The van der Waals surface area contributed by atoms with Gasteiger partial charge < -0.3 is 10.5 Å². The van der Waals surface area contributed by atoms with Crippen molar-refractivity contribution in [2.45, 2.75) is 32.2 Å². The predicted octanol–water partition coefficient (Wildman–Crippen LogP) is 3.00. The molecular formula is C20H20N4O2. The van der Waals surface area contributed by atoms with E-state index in [2.05, 4.69) is 28.6 Å². The highest BCUT2D eigenvalue weighted by Gasteiger charge is 2.26. The Kier molecular flexibility index (Phi) is 4.16. The lowest BCUT2D eigenvalue weighted by Gasteiger charge is -2.27. The summed E-state index contributed by atoms with van der Waals surface area (Å²) in [5, 5.41) is 19.3. The van der Waals surface area contributed by atoms with Crippen LogP contribution in [0.5, 0.6) is 0 Å². The average molecular weight is 348 g/mol. The summed E-state index contributed by atoms with van der Waals surface area (Å²) in [4.78, 5) is 12.6. The Labute approximate surface area is 151 Å². The molecule has 1 atom stereocenters. The topological polar surface area (TPSA) is 73.9 Å². The van der Waals surface area contributed by atoms with Crippen molar-refractivity contribution in [3.05, 3.63) is 82.4 Å². The standard InChI is InChI=1S/C20H20N4O2/c1-14-13-21-24(17-11-6-8-15-7-2-3-9-16(15)17)19(14)22-20(25)18-10-4-5-12-23(18)26/h2-5,7,9-10,12-13,17H,6,8,11H2,1H3,(H,22,25)/t17-/m0/s1. The van der Waals surface area contributed by atoms with Crippen molar-refractivity contribution in [3.63, 3.8) is 0 Å². The lowest BCUT2D eigenvalue weighted by Crippen LogP contribution is -2.36. The van der Waals surface area contributed by atoms with E-state index in [4.69, 9.17) is 0 Å². The Balaban J connectivity index is 1.69. The molecule has 0 aliphatic heterocycles. The third-order valence-corrected chi connectivity index (χ3v) is 4.90. The predicted molar refractivity (Wildman–Crippen MR) is 97.8 cm³/mol. The van der Waals surface area contributed by atoms with Crippen molar-refractivity contribution in [1.29, 1.82) is 0 Å². The number of benzene rings is 1. The van der Waals surface area contributed by atoms with E-state index in [0.29, 0.717) is 10.5 Å². The highest BCUT2D eigenvalue weighted by molar-refractivity contribution is 6.01. The summed E-state index contributed by atoms with van der Waals surface area (Å²) >= 11 is 0. The summed E-state index contributed by atoms with van der Waals surface area (Å²) in [5.74, 6) is 0.204. The second-order valence-electron chi connectivity index (χ2n) is 6.59. The van der Waals surface area contributed by atoms with E-state index in [1.54, 1.807) is 18.3 Å². The quantitative estimate of drug-likeness (QED) is 0.584. The maximum Gasteiger partial charge on any atom is 0.322 e. The fourth-order valence-corrected chi connectivity index (χ4v) is 3.60. The highest BCUT2D eigenvalue weighted by Crippen LogP contribution is 2.35. The zero-order valence-electron chi connectivity index (χ0n) is 14.6. The number of rotatable bonds is 3. The van der Waals surface area contributed by atoms with Gasteiger partial charge in [-0.25, -0.2) is 4.68 Å². The minimum absolute atomic E-state index is 0.0590. The number of carbonyl (C=O) groups excluding carboxylic acids is 1. The number of aromatic nitrogens is 3. The first-order valence-corrected chi connectivity index (χ1v) is 8.76. The molecule has 0 unspecified atom stereocenters. The fourth-order valence-electron chi connectivity index (χ4n) is 3.60. The Morgan fingerprint density at radius 2 is 2.08 bits per heavy atom. The van der Waals surface area contributed by atoms with Crippen molar-refractivity contribution in [2.24, 2.45) is 0 Å². The Morgan fingerprint density at radius 3 is 2.92 bits per heavy atom. The first-order valence-electron chi connectivity index (χ1n) is 8.76. The summed E-state index contributed by atoms with van der Waals surface area (Å²) in [7, 11) is 0. The lowest BCUT2D eigenvalue weighted by molar-refractivity contribution is -0.607. The van der Waals surface area contributed by atoms with Crippen LogP contribution in [0.25, 0.3) is 0 Å². The number of carbonyl (C=O) groups is 1.